The minimum Gasteiger partial charge on any atom is -0.264 e. The lowest BCUT2D eigenvalue weighted by atomic mass is 9.53. The summed E-state index contributed by atoms with van der Waals surface area (Å²) in [7, 11) is 0. The van der Waals surface area contributed by atoms with Gasteiger partial charge in [0.1, 0.15) is 0 Å². The lowest BCUT2D eigenvalue weighted by molar-refractivity contribution is -0.521. The van der Waals surface area contributed by atoms with Crippen molar-refractivity contribution in [1.82, 2.24) is 31.1 Å². The van der Waals surface area contributed by atoms with Gasteiger partial charge in [0.2, 0.25) is 6.04 Å². The highest BCUT2D eigenvalue weighted by atomic mass is 16.6. The first-order valence-electron chi connectivity index (χ1n) is 8.55. The van der Waals surface area contributed by atoms with E-state index in [1.165, 1.54) is 19.3 Å². The predicted octanol–water partition coefficient (Wildman–Crippen LogP) is 0.393. The van der Waals surface area contributed by atoms with Gasteiger partial charge < -0.3 is 0 Å². The van der Waals surface area contributed by atoms with Crippen molar-refractivity contribution in [2.75, 3.05) is 6.54 Å². The first-order chi connectivity index (χ1) is 11.1. The van der Waals surface area contributed by atoms with E-state index in [2.05, 4.69) is 26.3 Å². The Labute approximate surface area is 133 Å². The van der Waals surface area contributed by atoms with E-state index in [0.29, 0.717) is 5.82 Å². The van der Waals surface area contributed by atoms with Gasteiger partial charge in [-0.05, 0) is 61.5 Å². The molecule has 0 amide bonds. The van der Waals surface area contributed by atoms with Crippen molar-refractivity contribution < 1.29 is 4.92 Å². The molecule has 1 aromatic rings. The Kier molecular flexibility index (Phi) is 2.82. The molecule has 9 nitrogen and oxygen atoms in total. The third-order valence-electron chi connectivity index (χ3n) is 6.36. The fraction of sp³-hybridized carbons (Fsp3) is 0.929. The molecule has 5 aliphatic rings. The molecule has 4 bridgehead atoms. The summed E-state index contributed by atoms with van der Waals surface area (Å²) in [4.78, 5) is 12.7. The molecule has 9 heteroatoms. The van der Waals surface area contributed by atoms with E-state index in [4.69, 9.17) is 0 Å². The molecule has 0 spiro atoms. The van der Waals surface area contributed by atoms with Gasteiger partial charge >= 0.3 is 0 Å². The topological polar surface area (TPSA) is 111 Å². The molecule has 5 fully saturated rings. The lowest BCUT2D eigenvalue weighted by Gasteiger charge is -2.55. The Bertz CT molecular complexity index is 610. The number of nitrogens with zero attached hydrogens (tertiary/aromatic N) is 5. The minimum absolute atomic E-state index is 0.0101. The summed E-state index contributed by atoms with van der Waals surface area (Å²) in [5, 5.41) is 24.3. The van der Waals surface area contributed by atoms with Gasteiger partial charge in [0.05, 0.1) is 12.1 Å². The number of tetrazole rings is 1. The van der Waals surface area contributed by atoms with Gasteiger partial charge in [-0.2, -0.15) is 4.80 Å². The zero-order valence-electron chi connectivity index (χ0n) is 12.9. The van der Waals surface area contributed by atoms with Crippen LogP contribution in [0.5, 0.6) is 0 Å². The molecule has 2 N–H and O–H groups in total. The van der Waals surface area contributed by atoms with Crippen LogP contribution in [0.2, 0.25) is 0 Å². The third-order valence-corrected chi connectivity index (χ3v) is 6.36. The van der Waals surface area contributed by atoms with Gasteiger partial charge in [-0.25, -0.2) is 10.9 Å². The molecule has 6 rings (SSSR count). The number of nitro groups is 1. The second-order valence-electron chi connectivity index (χ2n) is 7.93. The van der Waals surface area contributed by atoms with Crippen LogP contribution in [0.1, 0.15) is 50.4 Å². The van der Waals surface area contributed by atoms with Crippen LogP contribution in [0.15, 0.2) is 0 Å². The molecular weight excluding hydrogens is 298 g/mol. The molecule has 4 aliphatic carbocycles. The maximum Gasteiger partial charge on any atom is 0.250 e. The van der Waals surface area contributed by atoms with E-state index in [-0.39, 0.29) is 17.0 Å². The number of nitrogens with one attached hydrogen (secondary N) is 2. The standard InChI is InChI=1S/C14H21N7O2/c22-20(23)11-7-15-16-12(11)13-17-19-21(18-13)14-4-8-1-9(5-14)3-10(2-8)6-14/h8-12,15-16H,1-7H2. The molecule has 1 aliphatic heterocycles. The zero-order chi connectivity index (χ0) is 15.6. The smallest absolute Gasteiger partial charge is 0.250 e. The van der Waals surface area contributed by atoms with Crippen molar-refractivity contribution in [2.24, 2.45) is 17.8 Å². The van der Waals surface area contributed by atoms with Crippen LogP contribution in [0, 0.1) is 27.9 Å². The zero-order valence-corrected chi connectivity index (χ0v) is 12.9. The number of hydrogen-bond donors (Lipinski definition) is 2. The number of hydrazine groups is 1. The van der Waals surface area contributed by atoms with Gasteiger partial charge in [-0.1, -0.05) is 0 Å². The molecule has 0 radical (unpaired) electrons. The minimum atomic E-state index is -0.746. The highest BCUT2D eigenvalue weighted by Gasteiger charge is 2.53. The maximum absolute atomic E-state index is 11.2. The van der Waals surface area contributed by atoms with Crippen LogP contribution in [0.4, 0.5) is 0 Å². The number of hydrogen-bond acceptors (Lipinski definition) is 7. The summed E-state index contributed by atoms with van der Waals surface area (Å²) >= 11 is 0. The largest absolute Gasteiger partial charge is 0.264 e. The number of rotatable bonds is 3. The van der Waals surface area contributed by atoms with E-state index in [9.17, 15) is 10.1 Å². The normalized spacial score (nSPS) is 44.8. The van der Waals surface area contributed by atoms with Crippen molar-refractivity contribution in [1.29, 1.82) is 0 Å². The van der Waals surface area contributed by atoms with Crippen LogP contribution >= 0.6 is 0 Å². The van der Waals surface area contributed by atoms with E-state index >= 15 is 0 Å². The van der Waals surface area contributed by atoms with Crippen molar-refractivity contribution >= 4 is 0 Å². The van der Waals surface area contributed by atoms with Crippen LogP contribution in [-0.4, -0.2) is 37.7 Å². The SMILES string of the molecule is O=[N+]([O-])C1CNNC1c1nnn(C23CC4CC(CC(C4)C2)C3)n1. The second-order valence-corrected chi connectivity index (χ2v) is 7.93. The Morgan fingerprint density at radius 3 is 2.43 bits per heavy atom. The molecule has 1 aromatic heterocycles. The highest BCUT2D eigenvalue weighted by Crippen LogP contribution is 2.58. The Hall–Kier alpha value is -1.61. The fourth-order valence-electron chi connectivity index (χ4n) is 5.78. The predicted molar refractivity (Wildman–Crippen MR) is 78.6 cm³/mol. The lowest BCUT2D eigenvalue weighted by Crippen LogP contribution is -2.52. The van der Waals surface area contributed by atoms with Crippen LogP contribution in [-0.2, 0) is 5.54 Å². The van der Waals surface area contributed by atoms with E-state index in [0.717, 1.165) is 37.0 Å². The van der Waals surface area contributed by atoms with Crippen LogP contribution in [0.25, 0.3) is 0 Å². The quantitative estimate of drug-likeness (QED) is 0.612. The summed E-state index contributed by atoms with van der Waals surface area (Å²) < 4.78 is 0. The molecule has 124 valence electrons. The van der Waals surface area contributed by atoms with Gasteiger partial charge in [-0.15, -0.1) is 10.2 Å². The average Bonchev–Trinajstić information content (AvgIpc) is 3.15. The van der Waals surface area contributed by atoms with Crippen molar-refractivity contribution in [3.63, 3.8) is 0 Å². The van der Waals surface area contributed by atoms with E-state index < -0.39 is 12.1 Å². The molecule has 2 unspecified atom stereocenters. The summed E-state index contributed by atoms with van der Waals surface area (Å²) in [6.45, 7) is 0.281. The molecule has 0 aromatic carbocycles. The monoisotopic (exact) mass is 319 g/mol. The highest BCUT2D eigenvalue weighted by molar-refractivity contribution is 5.05. The molecule has 2 atom stereocenters. The Morgan fingerprint density at radius 2 is 1.83 bits per heavy atom. The summed E-state index contributed by atoms with van der Waals surface area (Å²) in [6.07, 6.45) is 7.51. The van der Waals surface area contributed by atoms with Gasteiger partial charge in [0, 0.05) is 4.92 Å². The molecule has 4 saturated carbocycles. The average molecular weight is 319 g/mol. The molecule has 23 heavy (non-hydrogen) atoms. The van der Waals surface area contributed by atoms with Gasteiger partial charge in [0.15, 0.2) is 11.9 Å². The van der Waals surface area contributed by atoms with Crippen molar-refractivity contribution in [2.45, 2.75) is 56.1 Å². The Morgan fingerprint density at radius 1 is 1.17 bits per heavy atom. The van der Waals surface area contributed by atoms with Gasteiger partial charge in [-0.3, -0.25) is 10.1 Å². The molecule has 2 heterocycles. The summed E-state index contributed by atoms with van der Waals surface area (Å²) in [5.74, 6) is 2.84. The summed E-state index contributed by atoms with van der Waals surface area (Å²) in [6, 6.07) is -1.25. The van der Waals surface area contributed by atoms with Crippen LogP contribution < -0.4 is 10.9 Å². The summed E-state index contributed by atoms with van der Waals surface area (Å²) in [5.41, 5.74) is 5.77. The molecular formula is C14H21N7O2. The third kappa shape index (κ3) is 2.02. The first kappa shape index (κ1) is 13.8. The van der Waals surface area contributed by atoms with E-state index in [1.54, 1.807) is 0 Å². The van der Waals surface area contributed by atoms with E-state index in [1.807, 2.05) is 4.80 Å². The van der Waals surface area contributed by atoms with Crippen molar-refractivity contribution in [3.8, 4) is 0 Å². The van der Waals surface area contributed by atoms with Crippen LogP contribution in [0.3, 0.4) is 0 Å². The fourth-order valence-corrected chi connectivity index (χ4v) is 5.78. The first-order valence-corrected chi connectivity index (χ1v) is 8.55. The number of aromatic nitrogens is 4. The second kappa shape index (κ2) is 4.70. The Balaban J connectivity index is 1.45. The maximum atomic E-state index is 11.2. The van der Waals surface area contributed by atoms with Crippen molar-refractivity contribution in [3.05, 3.63) is 15.9 Å². The van der Waals surface area contributed by atoms with Gasteiger partial charge in [0.25, 0.3) is 0 Å². The molecule has 1 saturated heterocycles.